The molecule has 0 aliphatic heterocycles. The summed E-state index contributed by atoms with van der Waals surface area (Å²) in [5.41, 5.74) is 1.59. The van der Waals surface area contributed by atoms with Gasteiger partial charge in [0, 0.05) is 22.8 Å². The minimum absolute atomic E-state index is 0.0529. The van der Waals surface area contributed by atoms with Gasteiger partial charge in [-0.15, -0.1) is 11.3 Å². The molecular formula is C12H13N3O3S. The van der Waals surface area contributed by atoms with Crippen LogP contribution in [0.4, 0.5) is 11.4 Å². The SMILES string of the molecule is COc1ccc(NCc2nc(C)cs2)cc1[N+](=O)[O-]. The van der Waals surface area contributed by atoms with E-state index in [2.05, 4.69) is 10.3 Å². The van der Waals surface area contributed by atoms with Gasteiger partial charge in [0.2, 0.25) is 0 Å². The Morgan fingerprint density at radius 1 is 1.53 bits per heavy atom. The summed E-state index contributed by atoms with van der Waals surface area (Å²) in [5.74, 6) is 0.251. The Labute approximate surface area is 114 Å². The first kappa shape index (κ1) is 13.3. The molecule has 100 valence electrons. The number of rotatable bonds is 5. The molecule has 2 aromatic rings. The van der Waals surface area contributed by atoms with Crippen LogP contribution in [0.15, 0.2) is 23.6 Å². The van der Waals surface area contributed by atoms with Crippen LogP contribution in [0, 0.1) is 17.0 Å². The Balaban J connectivity index is 2.12. The van der Waals surface area contributed by atoms with Crippen LogP contribution < -0.4 is 10.1 Å². The lowest BCUT2D eigenvalue weighted by atomic mass is 10.2. The van der Waals surface area contributed by atoms with Crippen molar-refractivity contribution in [3.05, 3.63) is 44.4 Å². The highest BCUT2D eigenvalue weighted by Gasteiger charge is 2.15. The first-order valence-electron chi connectivity index (χ1n) is 5.57. The van der Waals surface area contributed by atoms with Crippen LogP contribution in [0.2, 0.25) is 0 Å². The summed E-state index contributed by atoms with van der Waals surface area (Å²) in [7, 11) is 1.41. The molecular weight excluding hydrogens is 266 g/mol. The number of aromatic nitrogens is 1. The Morgan fingerprint density at radius 2 is 2.32 bits per heavy atom. The summed E-state index contributed by atoms with van der Waals surface area (Å²) in [6.07, 6.45) is 0. The number of nitro benzene ring substituents is 1. The fourth-order valence-corrected chi connectivity index (χ4v) is 2.32. The van der Waals surface area contributed by atoms with Gasteiger partial charge in [-0.25, -0.2) is 4.98 Å². The van der Waals surface area contributed by atoms with Gasteiger partial charge < -0.3 is 10.1 Å². The number of nitrogens with zero attached hydrogens (tertiary/aromatic N) is 2. The quantitative estimate of drug-likeness (QED) is 0.672. The lowest BCUT2D eigenvalue weighted by Gasteiger charge is -2.06. The highest BCUT2D eigenvalue weighted by atomic mass is 32.1. The first-order chi connectivity index (χ1) is 9.10. The van der Waals surface area contributed by atoms with Gasteiger partial charge >= 0.3 is 5.69 Å². The molecule has 0 unspecified atom stereocenters. The zero-order chi connectivity index (χ0) is 13.8. The summed E-state index contributed by atoms with van der Waals surface area (Å²) in [4.78, 5) is 14.8. The highest BCUT2D eigenvalue weighted by molar-refractivity contribution is 7.09. The smallest absolute Gasteiger partial charge is 0.312 e. The van der Waals surface area contributed by atoms with Crippen molar-refractivity contribution in [2.24, 2.45) is 0 Å². The first-order valence-corrected chi connectivity index (χ1v) is 6.45. The minimum Gasteiger partial charge on any atom is -0.490 e. The fourth-order valence-electron chi connectivity index (χ4n) is 1.60. The number of aryl methyl sites for hydroxylation is 1. The maximum atomic E-state index is 10.9. The fraction of sp³-hybridized carbons (Fsp3) is 0.250. The number of methoxy groups -OCH3 is 1. The van der Waals surface area contributed by atoms with Gasteiger partial charge in [-0.05, 0) is 19.1 Å². The molecule has 0 bridgehead atoms. The Hall–Kier alpha value is -2.15. The largest absolute Gasteiger partial charge is 0.490 e. The van der Waals surface area contributed by atoms with E-state index in [0.29, 0.717) is 12.2 Å². The number of hydrogen-bond donors (Lipinski definition) is 1. The van der Waals surface area contributed by atoms with Crippen LogP contribution in [-0.2, 0) is 6.54 Å². The van der Waals surface area contributed by atoms with Gasteiger partial charge in [-0.3, -0.25) is 10.1 Å². The molecule has 1 aromatic carbocycles. The van der Waals surface area contributed by atoms with Gasteiger partial charge in [0.05, 0.1) is 18.6 Å². The van der Waals surface area contributed by atoms with E-state index in [-0.39, 0.29) is 11.4 Å². The van der Waals surface area contributed by atoms with Crippen LogP contribution in [-0.4, -0.2) is 17.0 Å². The second-order valence-electron chi connectivity index (χ2n) is 3.88. The number of nitro groups is 1. The molecule has 1 N–H and O–H groups in total. The van der Waals surface area contributed by atoms with E-state index >= 15 is 0 Å². The summed E-state index contributed by atoms with van der Waals surface area (Å²) in [6, 6.07) is 4.78. The molecule has 0 fully saturated rings. The summed E-state index contributed by atoms with van der Waals surface area (Å²) in [6.45, 7) is 2.47. The van der Waals surface area contributed by atoms with Crippen LogP contribution >= 0.6 is 11.3 Å². The van der Waals surface area contributed by atoms with E-state index in [1.54, 1.807) is 23.5 Å². The second kappa shape index (κ2) is 5.66. The Bertz CT molecular complexity index is 598. The average Bonchev–Trinajstić information content (AvgIpc) is 2.81. The van der Waals surface area contributed by atoms with Crippen molar-refractivity contribution in [3.8, 4) is 5.75 Å². The third-order valence-electron chi connectivity index (χ3n) is 2.49. The number of hydrogen-bond acceptors (Lipinski definition) is 6. The van der Waals surface area contributed by atoms with E-state index in [0.717, 1.165) is 10.7 Å². The number of nitrogens with one attached hydrogen (secondary N) is 1. The number of ether oxygens (including phenoxy) is 1. The zero-order valence-corrected chi connectivity index (χ0v) is 11.4. The second-order valence-corrected chi connectivity index (χ2v) is 4.82. The Kier molecular flexibility index (Phi) is 3.96. The number of benzene rings is 1. The molecule has 0 atom stereocenters. The molecule has 0 aliphatic rings. The van der Waals surface area contributed by atoms with Crippen molar-refractivity contribution >= 4 is 22.7 Å². The van der Waals surface area contributed by atoms with Crippen LogP contribution in [0.5, 0.6) is 5.75 Å². The van der Waals surface area contributed by atoms with E-state index in [1.165, 1.54) is 13.2 Å². The number of thiazole rings is 1. The molecule has 0 spiro atoms. The number of anilines is 1. The van der Waals surface area contributed by atoms with Crippen molar-refractivity contribution in [1.29, 1.82) is 0 Å². The van der Waals surface area contributed by atoms with E-state index in [1.807, 2.05) is 12.3 Å². The normalized spacial score (nSPS) is 10.2. The molecule has 0 radical (unpaired) electrons. The van der Waals surface area contributed by atoms with Crippen molar-refractivity contribution < 1.29 is 9.66 Å². The Morgan fingerprint density at radius 3 is 2.89 bits per heavy atom. The van der Waals surface area contributed by atoms with Gasteiger partial charge in [0.1, 0.15) is 5.01 Å². The van der Waals surface area contributed by atoms with Crippen LogP contribution in [0.3, 0.4) is 0 Å². The summed E-state index contributed by atoms with van der Waals surface area (Å²) >= 11 is 1.55. The highest BCUT2D eigenvalue weighted by Crippen LogP contribution is 2.29. The molecule has 2 rings (SSSR count). The molecule has 7 heteroatoms. The monoisotopic (exact) mass is 279 g/mol. The third kappa shape index (κ3) is 3.19. The molecule has 0 aliphatic carbocycles. The molecule has 6 nitrogen and oxygen atoms in total. The molecule has 1 aromatic heterocycles. The molecule has 0 saturated carbocycles. The van der Waals surface area contributed by atoms with Crippen molar-refractivity contribution in [2.75, 3.05) is 12.4 Å². The maximum Gasteiger partial charge on any atom is 0.312 e. The lowest BCUT2D eigenvalue weighted by molar-refractivity contribution is -0.385. The van der Waals surface area contributed by atoms with E-state index in [4.69, 9.17) is 4.74 Å². The third-order valence-corrected chi connectivity index (χ3v) is 3.45. The maximum absolute atomic E-state index is 10.9. The predicted molar refractivity (Wildman–Crippen MR) is 73.8 cm³/mol. The topological polar surface area (TPSA) is 77.3 Å². The van der Waals surface area contributed by atoms with Gasteiger partial charge in [0.25, 0.3) is 0 Å². The summed E-state index contributed by atoms with van der Waals surface area (Å²) < 4.78 is 4.95. The molecule has 19 heavy (non-hydrogen) atoms. The van der Waals surface area contributed by atoms with Crippen molar-refractivity contribution in [2.45, 2.75) is 13.5 Å². The molecule has 0 amide bonds. The minimum atomic E-state index is -0.461. The van der Waals surface area contributed by atoms with Gasteiger partial charge in [-0.1, -0.05) is 0 Å². The van der Waals surface area contributed by atoms with Crippen LogP contribution in [0.25, 0.3) is 0 Å². The van der Waals surface area contributed by atoms with Gasteiger partial charge in [0.15, 0.2) is 5.75 Å². The van der Waals surface area contributed by atoms with Crippen molar-refractivity contribution in [3.63, 3.8) is 0 Å². The van der Waals surface area contributed by atoms with Crippen molar-refractivity contribution in [1.82, 2.24) is 4.98 Å². The van der Waals surface area contributed by atoms with Crippen LogP contribution in [0.1, 0.15) is 10.7 Å². The standard InChI is InChI=1S/C12H13N3O3S/c1-8-7-19-12(14-8)6-13-9-3-4-11(18-2)10(5-9)15(16)17/h3-5,7,13H,6H2,1-2H3. The zero-order valence-electron chi connectivity index (χ0n) is 10.5. The average molecular weight is 279 g/mol. The molecule has 0 saturated heterocycles. The van der Waals surface area contributed by atoms with E-state index in [9.17, 15) is 10.1 Å². The molecule has 1 heterocycles. The van der Waals surface area contributed by atoms with Gasteiger partial charge in [-0.2, -0.15) is 0 Å². The van der Waals surface area contributed by atoms with E-state index < -0.39 is 4.92 Å². The predicted octanol–water partition coefficient (Wildman–Crippen LogP) is 2.98. The lowest BCUT2D eigenvalue weighted by Crippen LogP contribution is -2.01. The summed E-state index contributed by atoms with van der Waals surface area (Å²) in [5, 5.41) is 16.9.